The van der Waals surface area contributed by atoms with Crippen molar-refractivity contribution in [3.05, 3.63) is 46.8 Å². The second-order valence-corrected chi connectivity index (χ2v) is 5.55. The Labute approximate surface area is 143 Å². The molecule has 2 rings (SSSR count). The number of nitrogens with one attached hydrogen (secondary N) is 1. The molecule has 0 unspecified atom stereocenters. The Morgan fingerprint density at radius 3 is 2.43 bits per heavy atom. The number of halogens is 6. The molecule has 2 nitrogen and oxygen atoms in total. The first kappa shape index (κ1) is 20.2. The lowest BCUT2D eigenvalue weighted by Crippen LogP contribution is -2.45. The van der Waals surface area contributed by atoms with Crippen LogP contribution < -0.4 is 5.32 Å². The van der Waals surface area contributed by atoms with E-state index in [1.807, 2.05) is 4.90 Å². The summed E-state index contributed by atoms with van der Waals surface area (Å²) < 4.78 is 54.2. The standard InChI is InChI=1S/C15H17ClF4N2.ClH/c1-2-3-12(22-8-6-21-7-9-22)13-10(15(18,19)20)4-5-11(16)14(13)17;/h2,4-5,12,21H,1,3,6-9H2;1H/t12-;/m1./s1. The predicted octanol–water partition coefficient (Wildman–Crippen LogP) is 4.44. The van der Waals surface area contributed by atoms with Crippen molar-refractivity contribution in [1.82, 2.24) is 10.2 Å². The minimum atomic E-state index is -4.63. The maximum absolute atomic E-state index is 14.4. The molecule has 1 aromatic rings. The van der Waals surface area contributed by atoms with Crippen molar-refractivity contribution < 1.29 is 17.6 Å². The van der Waals surface area contributed by atoms with Crippen molar-refractivity contribution in [2.75, 3.05) is 26.2 Å². The van der Waals surface area contributed by atoms with Crippen LogP contribution in [0.1, 0.15) is 23.6 Å². The van der Waals surface area contributed by atoms with E-state index in [1.165, 1.54) is 6.08 Å². The Morgan fingerprint density at radius 1 is 1.30 bits per heavy atom. The van der Waals surface area contributed by atoms with Crippen LogP contribution in [0.4, 0.5) is 17.6 Å². The van der Waals surface area contributed by atoms with Crippen LogP contribution in [0.15, 0.2) is 24.8 Å². The van der Waals surface area contributed by atoms with Crippen LogP contribution in [0.5, 0.6) is 0 Å². The Kier molecular flexibility index (Phi) is 7.32. The molecule has 1 aliphatic heterocycles. The van der Waals surface area contributed by atoms with Gasteiger partial charge in [0.15, 0.2) is 0 Å². The fourth-order valence-electron chi connectivity index (χ4n) is 2.74. The first-order valence-corrected chi connectivity index (χ1v) is 7.34. The Hall–Kier alpha value is -0.820. The molecular formula is C15H18Cl2F4N2. The molecule has 1 aromatic carbocycles. The number of rotatable bonds is 4. The van der Waals surface area contributed by atoms with Crippen LogP contribution in [-0.2, 0) is 6.18 Å². The van der Waals surface area contributed by atoms with Crippen molar-refractivity contribution in [2.24, 2.45) is 0 Å². The van der Waals surface area contributed by atoms with Crippen molar-refractivity contribution in [2.45, 2.75) is 18.6 Å². The summed E-state index contributed by atoms with van der Waals surface area (Å²) >= 11 is 5.72. The summed E-state index contributed by atoms with van der Waals surface area (Å²) in [4.78, 5) is 1.84. The van der Waals surface area contributed by atoms with E-state index < -0.39 is 23.6 Å². The topological polar surface area (TPSA) is 15.3 Å². The molecule has 0 aromatic heterocycles. The van der Waals surface area contributed by atoms with Gasteiger partial charge in [0.2, 0.25) is 0 Å². The van der Waals surface area contributed by atoms with Crippen LogP contribution in [-0.4, -0.2) is 31.1 Å². The Morgan fingerprint density at radius 2 is 1.91 bits per heavy atom. The van der Waals surface area contributed by atoms with E-state index in [-0.39, 0.29) is 29.4 Å². The summed E-state index contributed by atoms with van der Waals surface area (Å²) in [7, 11) is 0. The molecule has 23 heavy (non-hydrogen) atoms. The SMILES string of the molecule is C=CC[C@H](c1c(C(F)(F)F)ccc(Cl)c1F)N1CCNCC1.Cl. The van der Waals surface area contributed by atoms with Gasteiger partial charge < -0.3 is 5.32 Å². The van der Waals surface area contributed by atoms with Gasteiger partial charge in [-0.3, -0.25) is 4.90 Å². The third-order valence-electron chi connectivity index (χ3n) is 3.75. The number of hydrogen-bond acceptors (Lipinski definition) is 2. The first-order chi connectivity index (χ1) is 10.4. The van der Waals surface area contributed by atoms with Gasteiger partial charge >= 0.3 is 6.18 Å². The van der Waals surface area contributed by atoms with E-state index in [0.717, 1.165) is 12.1 Å². The van der Waals surface area contributed by atoms with Crippen LogP contribution >= 0.6 is 24.0 Å². The van der Waals surface area contributed by atoms with E-state index in [9.17, 15) is 17.6 Å². The summed E-state index contributed by atoms with van der Waals surface area (Å²) in [5.74, 6) is -0.998. The van der Waals surface area contributed by atoms with Gasteiger partial charge in [0, 0.05) is 37.8 Å². The number of piperazine rings is 1. The molecule has 0 spiro atoms. The molecule has 8 heteroatoms. The number of benzene rings is 1. The molecule has 130 valence electrons. The minimum absolute atomic E-state index is 0. The summed E-state index contributed by atoms with van der Waals surface area (Å²) in [6.07, 6.45) is -2.90. The van der Waals surface area contributed by atoms with Crippen LogP contribution in [0.3, 0.4) is 0 Å². The lowest BCUT2D eigenvalue weighted by atomic mass is 9.94. The van der Waals surface area contributed by atoms with Crippen LogP contribution in [0.2, 0.25) is 5.02 Å². The van der Waals surface area contributed by atoms with Gasteiger partial charge in [-0.05, 0) is 18.6 Å². The van der Waals surface area contributed by atoms with Crippen LogP contribution in [0, 0.1) is 5.82 Å². The third kappa shape index (κ3) is 4.59. The Bertz CT molecular complexity index is 543. The second-order valence-electron chi connectivity index (χ2n) is 5.15. The zero-order valence-electron chi connectivity index (χ0n) is 12.3. The highest BCUT2D eigenvalue weighted by atomic mass is 35.5. The smallest absolute Gasteiger partial charge is 0.314 e. The summed E-state index contributed by atoms with van der Waals surface area (Å²) in [5, 5.41) is 2.83. The zero-order chi connectivity index (χ0) is 16.3. The molecule has 1 aliphatic rings. The number of nitrogens with zero attached hydrogens (tertiary/aromatic N) is 1. The second kappa shape index (κ2) is 8.33. The summed E-state index contributed by atoms with van der Waals surface area (Å²) in [6, 6.07) is 1.07. The van der Waals surface area contributed by atoms with Gasteiger partial charge in [0.1, 0.15) is 5.82 Å². The average Bonchev–Trinajstić information content (AvgIpc) is 2.47. The van der Waals surface area contributed by atoms with Gasteiger partial charge in [-0.15, -0.1) is 19.0 Å². The highest BCUT2D eigenvalue weighted by molar-refractivity contribution is 6.30. The van der Waals surface area contributed by atoms with Gasteiger partial charge in [-0.25, -0.2) is 4.39 Å². The quantitative estimate of drug-likeness (QED) is 0.620. The number of hydrogen-bond donors (Lipinski definition) is 1. The van der Waals surface area contributed by atoms with Gasteiger partial charge in [0.05, 0.1) is 10.6 Å². The molecular weight excluding hydrogens is 355 g/mol. The Balaban J connectivity index is 0.00000264. The highest BCUT2D eigenvalue weighted by Crippen LogP contribution is 2.41. The van der Waals surface area contributed by atoms with E-state index in [1.54, 1.807) is 0 Å². The molecule has 1 atom stereocenters. The lowest BCUT2D eigenvalue weighted by molar-refractivity contribution is -0.139. The molecule has 1 fully saturated rings. The summed E-state index contributed by atoms with van der Waals surface area (Å²) in [5.41, 5.74) is -1.36. The molecule has 1 saturated heterocycles. The maximum atomic E-state index is 14.4. The van der Waals surface area contributed by atoms with Crippen molar-refractivity contribution >= 4 is 24.0 Å². The fourth-order valence-corrected chi connectivity index (χ4v) is 2.91. The van der Waals surface area contributed by atoms with E-state index in [2.05, 4.69) is 11.9 Å². The monoisotopic (exact) mass is 372 g/mol. The molecule has 0 aliphatic carbocycles. The lowest BCUT2D eigenvalue weighted by Gasteiger charge is -2.36. The molecule has 0 radical (unpaired) electrons. The maximum Gasteiger partial charge on any atom is 0.416 e. The fraction of sp³-hybridized carbons (Fsp3) is 0.467. The largest absolute Gasteiger partial charge is 0.416 e. The van der Waals surface area contributed by atoms with Crippen molar-refractivity contribution in [1.29, 1.82) is 0 Å². The van der Waals surface area contributed by atoms with Crippen molar-refractivity contribution in [3.8, 4) is 0 Å². The number of alkyl halides is 3. The van der Waals surface area contributed by atoms with Crippen molar-refractivity contribution in [3.63, 3.8) is 0 Å². The molecule has 0 bridgehead atoms. The minimum Gasteiger partial charge on any atom is -0.314 e. The van der Waals surface area contributed by atoms with E-state index in [4.69, 9.17) is 11.6 Å². The molecule has 0 saturated carbocycles. The van der Waals surface area contributed by atoms with Gasteiger partial charge in [0.25, 0.3) is 0 Å². The van der Waals surface area contributed by atoms with E-state index in [0.29, 0.717) is 26.2 Å². The molecule has 0 amide bonds. The first-order valence-electron chi connectivity index (χ1n) is 6.97. The van der Waals surface area contributed by atoms with Crippen LogP contribution in [0.25, 0.3) is 0 Å². The normalized spacial score (nSPS) is 17.4. The molecule has 1 heterocycles. The molecule has 1 N–H and O–H groups in total. The van der Waals surface area contributed by atoms with E-state index >= 15 is 0 Å². The van der Waals surface area contributed by atoms with Gasteiger partial charge in [-0.1, -0.05) is 17.7 Å². The summed E-state index contributed by atoms with van der Waals surface area (Å²) in [6.45, 7) is 5.97. The average molecular weight is 373 g/mol. The third-order valence-corrected chi connectivity index (χ3v) is 4.05. The highest BCUT2D eigenvalue weighted by Gasteiger charge is 2.39. The predicted molar refractivity (Wildman–Crippen MR) is 85.7 cm³/mol. The van der Waals surface area contributed by atoms with Gasteiger partial charge in [-0.2, -0.15) is 13.2 Å². The zero-order valence-corrected chi connectivity index (χ0v) is 13.9.